The van der Waals surface area contributed by atoms with Crippen LogP contribution in [0.3, 0.4) is 0 Å². The van der Waals surface area contributed by atoms with Crippen LogP contribution < -0.4 is 5.32 Å². The van der Waals surface area contributed by atoms with Crippen LogP contribution in [0.4, 0.5) is 15.9 Å². The summed E-state index contributed by atoms with van der Waals surface area (Å²) in [5.74, 6) is -0.557. The van der Waals surface area contributed by atoms with E-state index < -0.39 is 5.82 Å². The number of anilines is 2. The third-order valence-electron chi connectivity index (χ3n) is 3.41. The highest BCUT2D eigenvalue weighted by molar-refractivity contribution is 6.30. The Kier molecular flexibility index (Phi) is 3.29. The maximum absolute atomic E-state index is 13.8. The monoisotopic (exact) mass is 287 g/mol. The molecule has 100 valence electrons. The molecule has 2 aromatic rings. The Bertz CT molecular complexity index is 722. The van der Waals surface area contributed by atoms with E-state index in [4.69, 9.17) is 16.9 Å². The number of pyridine rings is 1. The van der Waals surface area contributed by atoms with Gasteiger partial charge in [-0.05, 0) is 48.6 Å². The van der Waals surface area contributed by atoms with Crippen molar-refractivity contribution >= 4 is 23.1 Å². The Morgan fingerprint density at radius 2 is 2.05 bits per heavy atom. The molecule has 0 aliphatic heterocycles. The first-order valence-corrected chi connectivity index (χ1v) is 6.70. The molecule has 0 saturated carbocycles. The molecule has 0 spiro atoms. The van der Waals surface area contributed by atoms with Crippen LogP contribution in [0.2, 0.25) is 5.15 Å². The maximum atomic E-state index is 13.8. The molecule has 0 bridgehead atoms. The first kappa shape index (κ1) is 12.9. The van der Waals surface area contributed by atoms with E-state index in [-0.39, 0.29) is 16.5 Å². The van der Waals surface area contributed by atoms with Gasteiger partial charge in [-0.2, -0.15) is 5.26 Å². The molecule has 1 aliphatic rings. The van der Waals surface area contributed by atoms with Gasteiger partial charge >= 0.3 is 0 Å². The minimum Gasteiger partial charge on any atom is -0.338 e. The number of benzene rings is 1. The smallest absolute Gasteiger partial charge is 0.168 e. The van der Waals surface area contributed by atoms with Crippen LogP contribution in [0, 0.1) is 17.1 Å². The van der Waals surface area contributed by atoms with Gasteiger partial charge in [0.1, 0.15) is 11.2 Å². The molecule has 1 aromatic heterocycles. The lowest BCUT2D eigenvalue weighted by atomic mass is 10.1. The van der Waals surface area contributed by atoms with E-state index in [2.05, 4.69) is 10.3 Å². The van der Waals surface area contributed by atoms with Crippen LogP contribution >= 0.6 is 11.6 Å². The molecule has 1 N–H and O–H groups in total. The number of nitrogens with one attached hydrogen (secondary N) is 1. The number of nitriles is 1. The summed E-state index contributed by atoms with van der Waals surface area (Å²) < 4.78 is 13.8. The molecule has 0 amide bonds. The number of aryl methyl sites for hydroxylation is 2. The van der Waals surface area contributed by atoms with Gasteiger partial charge in [-0.15, -0.1) is 0 Å². The Balaban J connectivity index is 1.92. The van der Waals surface area contributed by atoms with Crippen molar-refractivity contribution in [2.75, 3.05) is 5.32 Å². The number of nitrogens with zero attached hydrogens (tertiary/aromatic N) is 2. The summed E-state index contributed by atoms with van der Waals surface area (Å²) in [6.45, 7) is 0. The highest BCUT2D eigenvalue weighted by atomic mass is 35.5. The number of aromatic nitrogens is 1. The standard InChI is InChI=1S/C15H11ClFN3/c16-14-11(8-18)7-13(17)15(20-14)19-12-5-4-9-2-1-3-10(9)6-12/h4-7H,1-3H2,(H,19,20). The third kappa shape index (κ3) is 2.33. The summed E-state index contributed by atoms with van der Waals surface area (Å²) in [7, 11) is 0. The summed E-state index contributed by atoms with van der Waals surface area (Å²) in [5.41, 5.74) is 3.44. The van der Waals surface area contributed by atoms with Crippen molar-refractivity contribution in [3.05, 3.63) is 51.9 Å². The predicted octanol–water partition coefficient (Wildman–Crippen LogP) is 3.98. The van der Waals surface area contributed by atoms with Crippen LogP contribution in [0.5, 0.6) is 0 Å². The lowest BCUT2D eigenvalue weighted by molar-refractivity contribution is 0.626. The van der Waals surface area contributed by atoms with Crippen molar-refractivity contribution in [1.82, 2.24) is 4.98 Å². The van der Waals surface area contributed by atoms with Crippen molar-refractivity contribution in [1.29, 1.82) is 5.26 Å². The molecule has 1 aliphatic carbocycles. The summed E-state index contributed by atoms with van der Waals surface area (Å²) in [5, 5.41) is 11.7. The normalized spacial score (nSPS) is 12.8. The summed E-state index contributed by atoms with van der Waals surface area (Å²) >= 11 is 5.82. The molecule has 0 fully saturated rings. The van der Waals surface area contributed by atoms with Crippen molar-refractivity contribution < 1.29 is 4.39 Å². The van der Waals surface area contributed by atoms with E-state index in [9.17, 15) is 4.39 Å². The van der Waals surface area contributed by atoms with Crippen LogP contribution in [-0.4, -0.2) is 4.98 Å². The maximum Gasteiger partial charge on any atom is 0.168 e. The van der Waals surface area contributed by atoms with Gasteiger partial charge in [-0.25, -0.2) is 9.37 Å². The Labute approximate surface area is 121 Å². The summed E-state index contributed by atoms with van der Waals surface area (Å²) in [4.78, 5) is 3.89. The summed E-state index contributed by atoms with van der Waals surface area (Å²) in [6.07, 6.45) is 3.31. The lowest BCUT2D eigenvalue weighted by Gasteiger charge is -2.09. The van der Waals surface area contributed by atoms with Crippen molar-refractivity contribution in [3.8, 4) is 6.07 Å². The Hall–Kier alpha value is -2.12. The SMILES string of the molecule is N#Cc1cc(F)c(Nc2ccc3c(c2)CCC3)nc1Cl. The first-order valence-electron chi connectivity index (χ1n) is 6.32. The fraction of sp³-hybridized carbons (Fsp3) is 0.200. The molecule has 3 nitrogen and oxygen atoms in total. The number of hydrogen-bond donors (Lipinski definition) is 1. The van der Waals surface area contributed by atoms with E-state index in [1.165, 1.54) is 11.1 Å². The molecule has 0 unspecified atom stereocenters. The van der Waals surface area contributed by atoms with Crippen LogP contribution in [0.25, 0.3) is 0 Å². The van der Waals surface area contributed by atoms with E-state index in [0.29, 0.717) is 0 Å². The largest absolute Gasteiger partial charge is 0.338 e. The molecule has 1 aromatic carbocycles. The van der Waals surface area contributed by atoms with Gasteiger partial charge in [0.15, 0.2) is 11.6 Å². The highest BCUT2D eigenvalue weighted by Gasteiger charge is 2.13. The summed E-state index contributed by atoms with van der Waals surface area (Å²) in [6, 6.07) is 8.85. The Morgan fingerprint density at radius 3 is 2.85 bits per heavy atom. The highest BCUT2D eigenvalue weighted by Crippen LogP contribution is 2.28. The lowest BCUT2D eigenvalue weighted by Crippen LogP contribution is -1.99. The molecule has 0 atom stereocenters. The van der Waals surface area contributed by atoms with E-state index in [1.807, 2.05) is 18.2 Å². The minimum absolute atomic E-state index is 0.00226. The second-order valence-corrected chi connectivity index (χ2v) is 5.09. The zero-order chi connectivity index (χ0) is 14.1. The van der Waals surface area contributed by atoms with Gasteiger partial charge in [-0.1, -0.05) is 17.7 Å². The van der Waals surface area contributed by atoms with Crippen LogP contribution in [0.15, 0.2) is 24.3 Å². The third-order valence-corrected chi connectivity index (χ3v) is 3.70. The zero-order valence-corrected chi connectivity index (χ0v) is 11.3. The van der Waals surface area contributed by atoms with Crippen LogP contribution in [-0.2, 0) is 12.8 Å². The number of halogens is 2. The zero-order valence-electron chi connectivity index (χ0n) is 10.6. The van der Waals surface area contributed by atoms with Gasteiger partial charge < -0.3 is 5.32 Å². The van der Waals surface area contributed by atoms with Gasteiger partial charge in [0.05, 0.1) is 5.56 Å². The van der Waals surface area contributed by atoms with Crippen molar-refractivity contribution in [3.63, 3.8) is 0 Å². The quantitative estimate of drug-likeness (QED) is 0.850. The second kappa shape index (κ2) is 5.10. The molecule has 5 heteroatoms. The predicted molar refractivity (Wildman–Crippen MR) is 75.7 cm³/mol. The molecular formula is C15H11ClFN3. The van der Waals surface area contributed by atoms with Crippen molar-refractivity contribution in [2.45, 2.75) is 19.3 Å². The molecule has 0 radical (unpaired) electrons. The van der Waals surface area contributed by atoms with E-state index >= 15 is 0 Å². The molecule has 3 rings (SSSR count). The van der Waals surface area contributed by atoms with Gasteiger partial charge in [0.25, 0.3) is 0 Å². The molecule has 0 saturated heterocycles. The van der Waals surface area contributed by atoms with Gasteiger partial charge in [0.2, 0.25) is 0 Å². The fourth-order valence-corrected chi connectivity index (χ4v) is 2.60. The first-order chi connectivity index (χ1) is 9.67. The topological polar surface area (TPSA) is 48.7 Å². The number of hydrogen-bond acceptors (Lipinski definition) is 3. The fourth-order valence-electron chi connectivity index (χ4n) is 2.42. The van der Waals surface area contributed by atoms with Crippen LogP contribution in [0.1, 0.15) is 23.1 Å². The van der Waals surface area contributed by atoms with Gasteiger partial charge in [-0.3, -0.25) is 0 Å². The second-order valence-electron chi connectivity index (χ2n) is 4.73. The van der Waals surface area contributed by atoms with E-state index in [0.717, 1.165) is 31.0 Å². The average molecular weight is 288 g/mol. The molecular weight excluding hydrogens is 277 g/mol. The average Bonchev–Trinajstić information content (AvgIpc) is 2.90. The molecule has 20 heavy (non-hydrogen) atoms. The number of fused-ring (bicyclic) bond motifs is 1. The molecule has 1 heterocycles. The Morgan fingerprint density at radius 1 is 1.25 bits per heavy atom. The minimum atomic E-state index is -0.591. The van der Waals surface area contributed by atoms with Gasteiger partial charge in [0, 0.05) is 5.69 Å². The van der Waals surface area contributed by atoms with E-state index in [1.54, 1.807) is 6.07 Å². The number of rotatable bonds is 2. The van der Waals surface area contributed by atoms with Crippen molar-refractivity contribution in [2.24, 2.45) is 0 Å².